The molecule has 0 saturated carbocycles. The molecule has 2 aromatic rings. The molecule has 10 heteroatoms. The summed E-state index contributed by atoms with van der Waals surface area (Å²) in [5.74, 6) is -2.17. The Morgan fingerprint density at radius 1 is 1.00 bits per heavy atom. The molecule has 4 rings (SSSR count). The van der Waals surface area contributed by atoms with Crippen LogP contribution in [0.4, 0.5) is 16.3 Å². The quantitative estimate of drug-likeness (QED) is 0.493. The van der Waals surface area contributed by atoms with Gasteiger partial charge in [0.25, 0.3) is 23.3 Å². The maximum absolute atomic E-state index is 12.6. The molecule has 2 aliphatic rings. The van der Waals surface area contributed by atoms with Gasteiger partial charge in [-0.2, -0.15) is 0 Å². The highest BCUT2D eigenvalue weighted by Gasteiger charge is 2.38. The zero-order valence-electron chi connectivity index (χ0n) is 14.0. The van der Waals surface area contributed by atoms with Gasteiger partial charge in [-0.1, -0.05) is 12.1 Å². The average Bonchev–Trinajstić information content (AvgIpc) is 3.03. The molecule has 1 fully saturated rings. The summed E-state index contributed by atoms with van der Waals surface area (Å²) in [6.07, 6.45) is 0. The zero-order valence-corrected chi connectivity index (χ0v) is 14.0. The van der Waals surface area contributed by atoms with E-state index in [0.29, 0.717) is 0 Å². The monoisotopic (exact) mass is 367 g/mol. The number of para-hydroxylation sites is 2. The van der Waals surface area contributed by atoms with Gasteiger partial charge in [-0.3, -0.25) is 29.1 Å². The van der Waals surface area contributed by atoms with E-state index >= 15 is 0 Å². The van der Waals surface area contributed by atoms with Gasteiger partial charge in [-0.05, 0) is 19.1 Å². The van der Waals surface area contributed by atoms with Crippen molar-refractivity contribution in [2.24, 2.45) is 0 Å². The molecular weight excluding hydrogens is 354 g/mol. The number of nitrogens with two attached hydrogens (primary N) is 1. The second-order valence-corrected chi connectivity index (χ2v) is 6.11. The van der Waals surface area contributed by atoms with Crippen LogP contribution in [-0.4, -0.2) is 34.4 Å². The Balaban J connectivity index is 1.98. The van der Waals surface area contributed by atoms with E-state index in [-0.39, 0.29) is 28.3 Å². The predicted molar refractivity (Wildman–Crippen MR) is 93.7 cm³/mol. The molecule has 1 saturated heterocycles. The van der Waals surface area contributed by atoms with Crippen LogP contribution in [0, 0.1) is 0 Å². The van der Waals surface area contributed by atoms with Crippen molar-refractivity contribution in [3.63, 3.8) is 0 Å². The molecule has 4 N–H and O–H groups in total. The Bertz CT molecular complexity index is 1120. The molecule has 27 heavy (non-hydrogen) atoms. The number of hydrogen-bond donors (Lipinski definition) is 3. The van der Waals surface area contributed by atoms with Gasteiger partial charge in [0.15, 0.2) is 0 Å². The molecule has 1 unspecified atom stereocenters. The summed E-state index contributed by atoms with van der Waals surface area (Å²) in [6.45, 7) is 1.54. The highest BCUT2D eigenvalue weighted by atomic mass is 16.2. The number of imide groups is 2. The highest BCUT2D eigenvalue weighted by Crippen LogP contribution is 2.30. The van der Waals surface area contributed by atoms with Crippen molar-refractivity contribution in [2.75, 3.05) is 10.6 Å². The maximum atomic E-state index is 12.6. The fourth-order valence-electron chi connectivity index (χ4n) is 3.20. The molecule has 1 aromatic heterocycles. The van der Waals surface area contributed by atoms with E-state index in [2.05, 4.69) is 10.6 Å². The summed E-state index contributed by atoms with van der Waals surface area (Å²) in [7, 11) is 0. The number of nitrogens with zero attached hydrogens (tertiary/aromatic N) is 2. The fourth-order valence-corrected chi connectivity index (χ4v) is 3.20. The van der Waals surface area contributed by atoms with E-state index in [1.165, 1.54) is 19.1 Å². The summed E-state index contributed by atoms with van der Waals surface area (Å²) in [6, 6.07) is 5.78. The number of rotatable bonds is 2. The van der Waals surface area contributed by atoms with Crippen LogP contribution in [0.15, 0.2) is 35.1 Å². The first-order chi connectivity index (χ1) is 12.8. The Hall–Kier alpha value is -3.95. The maximum Gasteiger partial charge on any atom is 0.329 e. The normalized spacial score (nSPS) is 18.6. The largest absolute Gasteiger partial charge is 0.384 e. The second-order valence-electron chi connectivity index (χ2n) is 6.11. The minimum Gasteiger partial charge on any atom is -0.384 e. The lowest BCUT2D eigenvalue weighted by atomic mass is 10.1. The van der Waals surface area contributed by atoms with Crippen LogP contribution in [0.1, 0.15) is 27.6 Å². The number of carbonyl (C=O) groups excluding carboxylic acids is 4. The van der Waals surface area contributed by atoms with Gasteiger partial charge in [0, 0.05) is 6.07 Å². The Kier molecular flexibility index (Phi) is 3.38. The van der Waals surface area contributed by atoms with E-state index in [9.17, 15) is 24.0 Å². The van der Waals surface area contributed by atoms with Gasteiger partial charge in [-0.25, -0.2) is 9.69 Å². The van der Waals surface area contributed by atoms with E-state index < -0.39 is 35.4 Å². The van der Waals surface area contributed by atoms with Crippen LogP contribution >= 0.6 is 0 Å². The zero-order chi connectivity index (χ0) is 19.5. The lowest BCUT2D eigenvalue weighted by molar-refractivity contribution is -0.117. The van der Waals surface area contributed by atoms with Gasteiger partial charge in [0.05, 0.1) is 22.5 Å². The Morgan fingerprint density at radius 2 is 1.67 bits per heavy atom. The van der Waals surface area contributed by atoms with Crippen molar-refractivity contribution in [2.45, 2.75) is 13.0 Å². The van der Waals surface area contributed by atoms with Crippen molar-refractivity contribution in [3.8, 4) is 5.69 Å². The minimum atomic E-state index is -0.720. The molecule has 1 aromatic carbocycles. The van der Waals surface area contributed by atoms with Gasteiger partial charge < -0.3 is 11.1 Å². The standard InChI is InChI=1S/C17H13N5O5/c1-7-16(26)22(17(27)19-7)10-5-3-2-4-9(10)21-11(23)6-8-12(13(21)18)15(25)20-14(8)24/h2-7H,18H2,1H3,(H,19,27)(H,20,24,25). The molecule has 10 nitrogen and oxygen atoms in total. The van der Waals surface area contributed by atoms with E-state index in [1.54, 1.807) is 12.1 Å². The van der Waals surface area contributed by atoms with Gasteiger partial charge in [-0.15, -0.1) is 0 Å². The molecule has 5 amide bonds. The summed E-state index contributed by atoms with van der Waals surface area (Å²) in [4.78, 5) is 61.9. The number of amides is 5. The third-order valence-corrected chi connectivity index (χ3v) is 4.45. The molecule has 0 aliphatic carbocycles. The third-order valence-electron chi connectivity index (χ3n) is 4.45. The van der Waals surface area contributed by atoms with Crippen molar-refractivity contribution in [1.82, 2.24) is 15.2 Å². The third kappa shape index (κ3) is 2.23. The van der Waals surface area contributed by atoms with Gasteiger partial charge >= 0.3 is 6.03 Å². The Labute approximate surface area is 151 Å². The number of benzene rings is 1. The molecule has 136 valence electrons. The summed E-state index contributed by atoms with van der Waals surface area (Å²) >= 11 is 0. The predicted octanol–water partition coefficient (Wildman–Crippen LogP) is -0.252. The van der Waals surface area contributed by atoms with Crippen molar-refractivity contribution >= 4 is 35.3 Å². The number of pyridine rings is 1. The lowest BCUT2D eigenvalue weighted by Crippen LogP contribution is -2.33. The SMILES string of the molecule is CC1NC(=O)N(c2ccccc2-n2c(N)c3c(cc2=O)C(=O)NC3=O)C1=O. The summed E-state index contributed by atoms with van der Waals surface area (Å²) in [5.41, 5.74) is 5.38. The van der Waals surface area contributed by atoms with Crippen LogP contribution in [-0.2, 0) is 4.79 Å². The fraction of sp³-hybridized carbons (Fsp3) is 0.118. The first-order valence-corrected chi connectivity index (χ1v) is 7.96. The number of fused-ring (bicyclic) bond motifs is 1. The van der Waals surface area contributed by atoms with Crippen LogP contribution < -0.4 is 26.8 Å². The molecule has 3 heterocycles. The van der Waals surface area contributed by atoms with Crippen molar-refractivity contribution in [3.05, 3.63) is 51.8 Å². The molecule has 0 radical (unpaired) electrons. The van der Waals surface area contributed by atoms with Crippen molar-refractivity contribution < 1.29 is 19.2 Å². The smallest absolute Gasteiger partial charge is 0.329 e. The molecule has 0 bridgehead atoms. The van der Waals surface area contributed by atoms with Crippen LogP contribution in [0.3, 0.4) is 0 Å². The van der Waals surface area contributed by atoms with Crippen molar-refractivity contribution in [1.29, 1.82) is 0 Å². The topological polar surface area (TPSA) is 144 Å². The number of nitrogens with one attached hydrogen (secondary N) is 2. The summed E-state index contributed by atoms with van der Waals surface area (Å²) < 4.78 is 0.996. The number of nitrogen functional groups attached to an aromatic ring is 1. The number of anilines is 2. The van der Waals surface area contributed by atoms with E-state index in [4.69, 9.17) is 5.73 Å². The number of aromatic nitrogens is 1. The van der Waals surface area contributed by atoms with Gasteiger partial charge in [0.1, 0.15) is 11.9 Å². The van der Waals surface area contributed by atoms with Crippen LogP contribution in [0.25, 0.3) is 5.69 Å². The van der Waals surface area contributed by atoms with E-state index in [1.807, 2.05) is 0 Å². The molecule has 1 atom stereocenters. The average molecular weight is 367 g/mol. The Morgan fingerprint density at radius 3 is 2.30 bits per heavy atom. The molecular formula is C17H13N5O5. The first kappa shape index (κ1) is 16.5. The number of carbonyl (C=O) groups is 4. The first-order valence-electron chi connectivity index (χ1n) is 7.96. The highest BCUT2D eigenvalue weighted by molar-refractivity contribution is 6.24. The molecule has 2 aliphatic heterocycles. The summed E-state index contributed by atoms with van der Waals surface area (Å²) in [5, 5.41) is 4.57. The van der Waals surface area contributed by atoms with Crippen LogP contribution in [0.5, 0.6) is 0 Å². The van der Waals surface area contributed by atoms with E-state index in [0.717, 1.165) is 15.5 Å². The second kappa shape index (κ2) is 5.53. The van der Waals surface area contributed by atoms with Crippen LogP contribution in [0.2, 0.25) is 0 Å². The number of hydrogen-bond acceptors (Lipinski definition) is 6. The van der Waals surface area contributed by atoms with Gasteiger partial charge in [0.2, 0.25) is 0 Å². The lowest BCUT2D eigenvalue weighted by Gasteiger charge is -2.20. The number of urea groups is 1. The minimum absolute atomic E-state index is 0.111. The molecule has 0 spiro atoms.